The van der Waals surface area contributed by atoms with Crippen molar-refractivity contribution in [2.24, 2.45) is 11.8 Å². The maximum absolute atomic E-state index is 10.8. The molecule has 2 fully saturated rings. The summed E-state index contributed by atoms with van der Waals surface area (Å²) in [6.07, 6.45) is 0.839. The van der Waals surface area contributed by atoms with Crippen molar-refractivity contribution >= 4 is 16.7 Å². The van der Waals surface area contributed by atoms with E-state index in [-0.39, 0.29) is 6.10 Å². The van der Waals surface area contributed by atoms with Gasteiger partial charge in [0.05, 0.1) is 25.8 Å². The van der Waals surface area contributed by atoms with Gasteiger partial charge in [0.2, 0.25) is 0 Å². The van der Waals surface area contributed by atoms with Gasteiger partial charge >= 0.3 is 0 Å². The van der Waals surface area contributed by atoms with Crippen LogP contribution in [0, 0.1) is 18.8 Å². The monoisotopic (exact) mass is 434 g/mol. The Hall–Kier alpha value is -2.99. The van der Waals surface area contributed by atoms with Gasteiger partial charge in [-0.2, -0.15) is 0 Å². The highest BCUT2D eigenvalue weighted by Gasteiger charge is 2.43. The number of hydrogen-bond donors (Lipinski definition) is 1. The number of aryl methyl sites for hydroxylation is 1. The first-order chi connectivity index (χ1) is 15.6. The molecule has 1 aliphatic carbocycles. The van der Waals surface area contributed by atoms with Crippen molar-refractivity contribution < 1.29 is 19.3 Å². The summed E-state index contributed by atoms with van der Waals surface area (Å²) in [6.45, 7) is 4.01. The van der Waals surface area contributed by atoms with E-state index in [0.29, 0.717) is 29.1 Å². The van der Waals surface area contributed by atoms with Crippen LogP contribution in [0.25, 0.3) is 10.9 Å². The average molecular weight is 435 g/mol. The van der Waals surface area contributed by atoms with Crippen LogP contribution in [0.5, 0.6) is 17.2 Å². The first-order valence-electron chi connectivity index (χ1n) is 11.2. The fourth-order valence-electron chi connectivity index (χ4n) is 5.26. The zero-order chi connectivity index (χ0) is 22.2. The van der Waals surface area contributed by atoms with Gasteiger partial charge in [-0.05, 0) is 61.4 Å². The number of ether oxygens (including phenoxy) is 3. The fourth-order valence-corrected chi connectivity index (χ4v) is 5.26. The van der Waals surface area contributed by atoms with Crippen LogP contribution in [0.3, 0.4) is 0 Å². The van der Waals surface area contributed by atoms with E-state index in [1.54, 1.807) is 14.2 Å². The molecule has 2 aromatic carbocycles. The third-order valence-electron chi connectivity index (χ3n) is 6.96. The van der Waals surface area contributed by atoms with E-state index < -0.39 is 6.10 Å². The van der Waals surface area contributed by atoms with E-state index in [9.17, 15) is 5.11 Å². The molecule has 0 unspecified atom stereocenters. The maximum atomic E-state index is 10.8. The molecule has 0 spiro atoms. The molecule has 2 heterocycles. The molecule has 32 heavy (non-hydrogen) atoms. The second-order valence-electron chi connectivity index (χ2n) is 8.95. The topological polar surface area (TPSA) is 64.1 Å². The number of aliphatic hydroxyl groups excluding tert-OH is 1. The highest BCUT2D eigenvalue weighted by Crippen LogP contribution is 2.40. The molecule has 4 atom stereocenters. The quantitative estimate of drug-likeness (QED) is 0.649. The van der Waals surface area contributed by atoms with Gasteiger partial charge in [0.1, 0.15) is 17.7 Å². The van der Waals surface area contributed by atoms with Crippen LogP contribution in [-0.2, 0) is 0 Å². The fraction of sp³-hybridized carbons (Fsp3) is 0.423. The molecular weight excluding hydrogens is 404 g/mol. The predicted molar refractivity (Wildman–Crippen MR) is 125 cm³/mol. The summed E-state index contributed by atoms with van der Waals surface area (Å²) in [5, 5.41) is 12.0. The van der Waals surface area contributed by atoms with Gasteiger partial charge in [0, 0.05) is 24.5 Å². The van der Waals surface area contributed by atoms with Crippen molar-refractivity contribution in [3.05, 3.63) is 54.1 Å². The number of anilines is 1. The number of rotatable bonds is 5. The Morgan fingerprint density at radius 1 is 0.938 bits per heavy atom. The van der Waals surface area contributed by atoms with Crippen molar-refractivity contribution in [2.75, 3.05) is 32.2 Å². The summed E-state index contributed by atoms with van der Waals surface area (Å²) >= 11 is 0. The molecule has 1 N–H and O–H groups in total. The molecule has 0 amide bonds. The number of pyridine rings is 1. The molecule has 3 aromatic rings. The summed E-state index contributed by atoms with van der Waals surface area (Å²) in [4.78, 5) is 7.30. The van der Waals surface area contributed by atoms with Crippen LogP contribution in [0.4, 0.5) is 5.82 Å². The van der Waals surface area contributed by atoms with Crippen LogP contribution in [0.15, 0.2) is 48.5 Å². The molecule has 1 aromatic heterocycles. The number of nitrogens with zero attached hydrogens (tertiary/aromatic N) is 2. The molecule has 2 aliphatic rings. The lowest BCUT2D eigenvalue weighted by Gasteiger charge is -2.35. The normalized spacial score (nSPS) is 24.9. The number of aliphatic hydroxyl groups is 1. The summed E-state index contributed by atoms with van der Waals surface area (Å²) in [7, 11) is 3.22. The minimum Gasteiger partial charge on any atom is -0.493 e. The Balaban J connectivity index is 1.31. The maximum Gasteiger partial charge on any atom is 0.164 e. The predicted octanol–water partition coefficient (Wildman–Crippen LogP) is 4.22. The van der Waals surface area contributed by atoms with Crippen molar-refractivity contribution in [2.45, 2.75) is 32.0 Å². The smallest absolute Gasteiger partial charge is 0.164 e. The molecule has 1 aliphatic heterocycles. The summed E-state index contributed by atoms with van der Waals surface area (Å²) in [5.74, 6) is 3.92. The van der Waals surface area contributed by atoms with E-state index in [4.69, 9.17) is 19.2 Å². The highest BCUT2D eigenvalue weighted by atomic mass is 16.5. The van der Waals surface area contributed by atoms with E-state index in [1.807, 2.05) is 24.3 Å². The first kappa shape index (κ1) is 20.9. The summed E-state index contributed by atoms with van der Waals surface area (Å²) in [5.41, 5.74) is 2.28. The van der Waals surface area contributed by atoms with Gasteiger partial charge in [0.15, 0.2) is 11.5 Å². The second kappa shape index (κ2) is 8.51. The zero-order valence-corrected chi connectivity index (χ0v) is 18.8. The minimum absolute atomic E-state index is 0.236. The van der Waals surface area contributed by atoms with Crippen LogP contribution < -0.4 is 19.1 Å². The lowest BCUT2D eigenvalue weighted by atomic mass is 9.78. The third-order valence-corrected chi connectivity index (χ3v) is 6.96. The molecule has 0 bridgehead atoms. The van der Waals surface area contributed by atoms with Crippen LogP contribution in [0.1, 0.15) is 18.4 Å². The van der Waals surface area contributed by atoms with Gasteiger partial charge in [-0.25, -0.2) is 4.98 Å². The van der Waals surface area contributed by atoms with Gasteiger partial charge < -0.3 is 24.2 Å². The lowest BCUT2D eigenvalue weighted by Crippen LogP contribution is -2.42. The number of aromatic nitrogens is 1. The SMILES string of the molecule is COc1ccc(O[C@@H]2C[C@@H]3CN(c4cc(C)c5ccccc5n4)C[C@@H]3C[C@H]2O)cc1OC. The Kier molecular flexibility index (Phi) is 5.55. The summed E-state index contributed by atoms with van der Waals surface area (Å²) in [6, 6.07) is 16.0. The van der Waals surface area contributed by atoms with Crippen molar-refractivity contribution in [3.8, 4) is 17.2 Å². The molecule has 5 rings (SSSR count). The van der Waals surface area contributed by atoms with Gasteiger partial charge in [-0.15, -0.1) is 0 Å². The van der Waals surface area contributed by atoms with E-state index >= 15 is 0 Å². The number of hydrogen-bond acceptors (Lipinski definition) is 6. The first-order valence-corrected chi connectivity index (χ1v) is 11.2. The Labute approximate surface area is 188 Å². The van der Waals surface area contributed by atoms with E-state index in [0.717, 1.165) is 37.3 Å². The lowest BCUT2D eigenvalue weighted by molar-refractivity contribution is -0.0232. The van der Waals surface area contributed by atoms with Gasteiger partial charge in [-0.3, -0.25) is 0 Å². The third kappa shape index (κ3) is 3.84. The van der Waals surface area contributed by atoms with Crippen LogP contribution in [0.2, 0.25) is 0 Å². The van der Waals surface area contributed by atoms with Crippen LogP contribution >= 0.6 is 0 Å². The molecule has 1 saturated carbocycles. The van der Waals surface area contributed by atoms with Gasteiger partial charge in [-0.1, -0.05) is 18.2 Å². The number of methoxy groups -OCH3 is 2. The molecule has 6 heteroatoms. The Bertz CT molecular complexity index is 1120. The minimum atomic E-state index is -0.490. The highest BCUT2D eigenvalue weighted by molar-refractivity contribution is 5.83. The van der Waals surface area contributed by atoms with Crippen LogP contribution in [-0.4, -0.2) is 49.6 Å². The largest absolute Gasteiger partial charge is 0.493 e. The summed E-state index contributed by atoms with van der Waals surface area (Å²) < 4.78 is 16.9. The van der Waals surface area contributed by atoms with E-state index in [2.05, 4.69) is 36.1 Å². The molecule has 0 radical (unpaired) electrons. The zero-order valence-electron chi connectivity index (χ0n) is 18.8. The second-order valence-corrected chi connectivity index (χ2v) is 8.95. The van der Waals surface area contributed by atoms with Crippen molar-refractivity contribution in [3.63, 3.8) is 0 Å². The van der Waals surface area contributed by atoms with E-state index in [1.165, 1.54) is 10.9 Å². The number of para-hydroxylation sites is 1. The van der Waals surface area contributed by atoms with Gasteiger partial charge in [0.25, 0.3) is 0 Å². The number of fused-ring (bicyclic) bond motifs is 2. The number of benzene rings is 2. The van der Waals surface area contributed by atoms with Crippen molar-refractivity contribution in [1.82, 2.24) is 4.98 Å². The standard InChI is InChI=1S/C26H30N2O4/c1-16-10-26(27-21-7-5-4-6-20(16)21)28-14-17-11-22(29)24(12-18(17)15-28)32-19-8-9-23(30-2)25(13-19)31-3/h4-10,13,17-18,22,24,29H,11-12,14-15H2,1-3H3/t17-,18+,22+,24+/m0/s1. The Morgan fingerprint density at radius 2 is 1.69 bits per heavy atom. The Morgan fingerprint density at radius 3 is 2.47 bits per heavy atom. The molecule has 168 valence electrons. The molecular formula is C26H30N2O4. The average Bonchev–Trinajstić information content (AvgIpc) is 3.22. The van der Waals surface area contributed by atoms with Crippen molar-refractivity contribution in [1.29, 1.82) is 0 Å². The molecule has 6 nitrogen and oxygen atoms in total. The molecule has 1 saturated heterocycles.